The lowest BCUT2D eigenvalue weighted by Crippen LogP contribution is -2.23. The van der Waals surface area contributed by atoms with Crippen LogP contribution < -0.4 is 5.56 Å². The Bertz CT molecular complexity index is 690. The van der Waals surface area contributed by atoms with Crippen LogP contribution in [0.5, 0.6) is 0 Å². The van der Waals surface area contributed by atoms with Crippen molar-refractivity contribution in [3.05, 3.63) is 61.6 Å². The molecule has 0 aliphatic carbocycles. The highest BCUT2D eigenvalue weighted by molar-refractivity contribution is 14.1. The van der Waals surface area contributed by atoms with E-state index in [2.05, 4.69) is 4.98 Å². The number of nitriles is 1. The lowest BCUT2D eigenvalue weighted by atomic mass is 10.1. The molecule has 0 bridgehead atoms. The Kier molecular flexibility index (Phi) is 3.72. The summed E-state index contributed by atoms with van der Waals surface area (Å²) in [6, 6.07) is 5.85. The monoisotopic (exact) mass is 355 g/mol. The normalized spacial score (nSPS) is 10.1. The van der Waals surface area contributed by atoms with Crippen LogP contribution >= 0.6 is 22.6 Å². The summed E-state index contributed by atoms with van der Waals surface area (Å²) in [5.74, 6) is -0.435. The van der Waals surface area contributed by atoms with E-state index >= 15 is 0 Å². The molecule has 1 heterocycles. The molecule has 0 saturated carbocycles. The Labute approximate surface area is 116 Å². The highest BCUT2D eigenvalue weighted by atomic mass is 127. The van der Waals surface area contributed by atoms with Gasteiger partial charge in [0.25, 0.3) is 5.56 Å². The van der Waals surface area contributed by atoms with Gasteiger partial charge in [-0.2, -0.15) is 5.26 Å². The quantitative estimate of drug-likeness (QED) is 0.774. The first-order valence-corrected chi connectivity index (χ1v) is 6.08. The summed E-state index contributed by atoms with van der Waals surface area (Å²) in [4.78, 5) is 15.7. The first-order valence-electron chi connectivity index (χ1n) is 5.00. The SMILES string of the molecule is N#Cc1ccc(F)cc1Cn1cncc(I)c1=O. The van der Waals surface area contributed by atoms with E-state index in [0.29, 0.717) is 14.7 Å². The molecule has 0 aliphatic rings. The number of rotatable bonds is 2. The van der Waals surface area contributed by atoms with E-state index < -0.39 is 5.82 Å². The van der Waals surface area contributed by atoms with Crippen LogP contribution in [0.3, 0.4) is 0 Å². The van der Waals surface area contributed by atoms with Crippen LogP contribution in [0.2, 0.25) is 0 Å². The van der Waals surface area contributed by atoms with E-state index in [0.717, 1.165) is 0 Å². The maximum Gasteiger partial charge on any atom is 0.267 e. The summed E-state index contributed by atoms with van der Waals surface area (Å²) in [5.41, 5.74) is 0.601. The summed E-state index contributed by atoms with van der Waals surface area (Å²) in [6.45, 7) is 0.128. The topological polar surface area (TPSA) is 58.7 Å². The van der Waals surface area contributed by atoms with Crippen molar-refractivity contribution in [3.8, 4) is 6.07 Å². The number of hydrogen-bond acceptors (Lipinski definition) is 3. The van der Waals surface area contributed by atoms with Crippen molar-refractivity contribution in [2.75, 3.05) is 0 Å². The number of benzene rings is 1. The second-order valence-corrected chi connectivity index (χ2v) is 4.75. The Morgan fingerprint density at radius 1 is 1.50 bits per heavy atom. The van der Waals surface area contributed by atoms with Crippen molar-refractivity contribution in [1.29, 1.82) is 5.26 Å². The van der Waals surface area contributed by atoms with E-state index in [1.165, 1.54) is 35.3 Å². The van der Waals surface area contributed by atoms with Crippen molar-refractivity contribution in [1.82, 2.24) is 9.55 Å². The summed E-state index contributed by atoms with van der Waals surface area (Å²) < 4.78 is 15.0. The largest absolute Gasteiger partial charge is 0.294 e. The predicted octanol–water partition coefficient (Wildman–Crippen LogP) is 1.91. The fraction of sp³-hybridized carbons (Fsp3) is 0.0833. The van der Waals surface area contributed by atoms with E-state index in [1.54, 1.807) is 0 Å². The van der Waals surface area contributed by atoms with Crippen LogP contribution in [0.1, 0.15) is 11.1 Å². The average molecular weight is 355 g/mol. The molecule has 18 heavy (non-hydrogen) atoms. The summed E-state index contributed by atoms with van der Waals surface area (Å²) >= 11 is 1.88. The zero-order valence-corrected chi connectivity index (χ0v) is 11.3. The smallest absolute Gasteiger partial charge is 0.267 e. The van der Waals surface area contributed by atoms with E-state index in [4.69, 9.17) is 5.26 Å². The highest BCUT2D eigenvalue weighted by Gasteiger charge is 2.07. The molecule has 0 unspecified atom stereocenters. The zero-order chi connectivity index (χ0) is 13.1. The molecule has 0 aliphatic heterocycles. The highest BCUT2D eigenvalue weighted by Crippen LogP contribution is 2.11. The molecule has 0 saturated heterocycles. The molecular formula is C12H7FIN3O. The Balaban J connectivity index is 2.46. The molecule has 0 fully saturated rings. The molecule has 2 aromatic rings. The van der Waals surface area contributed by atoms with Gasteiger partial charge in [0.2, 0.25) is 0 Å². The van der Waals surface area contributed by atoms with Gasteiger partial charge >= 0.3 is 0 Å². The standard InChI is InChI=1S/C12H7FIN3O/c13-10-2-1-8(4-15)9(3-10)6-17-7-16-5-11(14)12(17)18/h1-3,5,7H,6H2. The molecule has 0 N–H and O–H groups in total. The minimum Gasteiger partial charge on any atom is -0.294 e. The maximum absolute atomic E-state index is 13.2. The van der Waals surface area contributed by atoms with Crippen LogP contribution in [-0.4, -0.2) is 9.55 Å². The van der Waals surface area contributed by atoms with Gasteiger partial charge in [-0.05, 0) is 46.4 Å². The fourth-order valence-corrected chi connectivity index (χ4v) is 1.99. The maximum atomic E-state index is 13.2. The van der Waals surface area contributed by atoms with E-state index in [9.17, 15) is 9.18 Å². The van der Waals surface area contributed by atoms with Gasteiger partial charge in [0.05, 0.1) is 28.1 Å². The van der Waals surface area contributed by atoms with Gasteiger partial charge in [0, 0.05) is 6.20 Å². The molecule has 0 radical (unpaired) electrons. The third-order valence-electron chi connectivity index (χ3n) is 2.39. The summed E-state index contributed by atoms with van der Waals surface area (Å²) in [7, 11) is 0. The van der Waals surface area contributed by atoms with Crippen LogP contribution in [0.25, 0.3) is 0 Å². The van der Waals surface area contributed by atoms with Crippen LogP contribution in [0.15, 0.2) is 35.5 Å². The third kappa shape index (κ3) is 2.56. The molecule has 0 atom stereocenters. The molecule has 0 spiro atoms. The first kappa shape index (κ1) is 12.7. The van der Waals surface area contributed by atoms with Crippen molar-refractivity contribution < 1.29 is 4.39 Å². The average Bonchev–Trinajstić information content (AvgIpc) is 2.35. The van der Waals surface area contributed by atoms with Gasteiger partial charge in [-0.1, -0.05) is 0 Å². The first-order chi connectivity index (χ1) is 8.61. The molecule has 1 aromatic heterocycles. The van der Waals surface area contributed by atoms with Crippen LogP contribution in [-0.2, 0) is 6.54 Å². The van der Waals surface area contributed by atoms with Gasteiger partial charge < -0.3 is 0 Å². The molecule has 2 rings (SSSR count). The van der Waals surface area contributed by atoms with Crippen molar-refractivity contribution in [2.24, 2.45) is 0 Å². The number of nitrogens with zero attached hydrogens (tertiary/aromatic N) is 3. The second-order valence-electron chi connectivity index (χ2n) is 3.59. The van der Waals surface area contributed by atoms with Crippen molar-refractivity contribution in [3.63, 3.8) is 0 Å². The molecule has 1 aromatic carbocycles. The Morgan fingerprint density at radius 2 is 2.28 bits per heavy atom. The molecule has 6 heteroatoms. The Morgan fingerprint density at radius 3 is 3.00 bits per heavy atom. The van der Waals surface area contributed by atoms with E-state index in [1.807, 2.05) is 28.7 Å². The summed E-state index contributed by atoms with van der Waals surface area (Å²) in [5, 5.41) is 8.93. The second kappa shape index (κ2) is 5.27. The number of hydrogen-bond donors (Lipinski definition) is 0. The lowest BCUT2D eigenvalue weighted by molar-refractivity contribution is 0.621. The molecule has 90 valence electrons. The third-order valence-corrected chi connectivity index (χ3v) is 3.13. The van der Waals surface area contributed by atoms with Gasteiger partial charge in [-0.25, -0.2) is 9.37 Å². The molecule has 4 nitrogen and oxygen atoms in total. The predicted molar refractivity (Wildman–Crippen MR) is 71.4 cm³/mol. The fourth-order valence-electron chi connectivity index (χ4n) is 1.52. The molecular weight excluding hydrogens is 348 g/mol. The molecule has 0 amide bonds. The van der Waals surface area contributed by atoms with Crippen molar-refractivity contribution in [2.45, 2.75) is 6.54 Å². The van der Waals surface area contributed by atoms with Crippen LogP contribution in [0.4, 0.5) is 4.39 Å². The summed E-state index contributed by atoms with van der Waals surface area (Å²) in [6.07, 6.45) is 2.83. The van der Waals surface area contributed by atoms with Gasteiger partial charge in [-0.15, -0.1) is 0 Å². The number of aromatic nitrogens is 2. The van der Waals surface area contributed by atoms with Gasteiger partial charge in [-0.3, -0.25) is 9.36 Å². The zero-order valence-electron chi connectivity index (χ0n) is 9.10. The number of halogens is 2. The minimum absolute atomic E-state index is 0.128. The van der Waals surface area contributed by atoms with Crippen LogP contribution in [0, 0.1) is 20.7 Å². The van der Waals surface area contributed by atoms with Crippen molar-refractivity contribution >= 4 is 22.6 Å². The minimum atomic E-state index is -0.435. The van der Waals surface area contributed by atoms with Gasteiger partial charge in [0.15, 0.2) is 0 Å². The lowest BCUT2D eigenvalue weighted by Gasteiger charge is -2.07. The van der Waals surface area contributed by atoms with Gasteiger partial charge in [0.1, 0.15) is 5.82 Å². The Hall–Kier alpha value is -1.75. The van der Waals surface area contributed by atoms with E-state index in [-0.39, 0.29) is 12.1 Å².